The zero-order valence-corrected chi connectivity index (χ0v) is 12.0. The fourth-order valence-electron chi connectivity index (χ4n) is 2.20. The van der Waals surface area contributed by atoms with E-state index in [1.54, 1.807) is 4.52 Å². The summed E-state index contributed by atoms with van der Waals surface area (Å²) in [6.45, 7) is 4.60. The molecular formula is C16H15N5. The summed E-state index contributed by atoms with van der Waals surface area (Å²) < 4.78 is 1.78. The standard InChI is InChI=1S/C16H15N5/c1-11-3-4-13(7-17)6-15(11)18-8-14-9-19-16-5-12(2)20-21(16)10-14/h3-6,9-10,18H,8H2,1-2H3. The molecule has 1 aromatic carbocycles. The second kappa shape index (κ2) is 5.25. The monoisotopic (exact) mass is 277 g/mol. The predicted molar refractivity (Wildman–Crippen MR) is 80.9 cm³/mol. The molecule has 104 valence electrons. The number of rotatable bonds is 3. The number of fused-ring (bicyclic) bond motifs is 1. The minimum absolute atomic E-state index is 0.636. The van der Waals surface area contributed by atoms with Gasteiger partial charge in [-0.15, -0.1) is 0 Å². The highest BCUT2D eigenvalue weighted by molar-refractivity contribution is 5.55. The maximum atomic E-state index is 8.96. The van der Waals surface area contributed by atoms with E-state index < -0.39 is 0 Å². The van der Waals surface area contributed by atoms with E-state index in [0.717, 1.165) is 28.2 Å². The molecule has 0 amide bonds. The summed E-state index contributed by atoms with van der Waals surface area (Å²) in [5.41, 5.74) is 5.56. The highest BCUT2D eigenvalue weighted by Gasteiger charge is 2.03. The Kier molecular flexibility index (Phi) is 3.28. The molecule has 21 heavy (non-hydrogen) atoms. The second-order valence-electron chi connectivity index (χ2n) is 5.05. The lowest BCUT2D eigenvalue weighted by Crippen LogP contribution is -2.03. The summed E-state index contributed by atoms with van der Waals surface area (Å²) in [7, 11) is 0. The van der Waals surface area contributed by atoms with Crippen molar-refractivity contribution in [3.8, 4) is 6.07 Å². The number of anilines is 1. The molecule has 5 heteroatoms. The molecule has 0 saturated heterocycles. The molecule has 0 spiro atoms. The van der Waals surface area contributed by atoms with Crippen LogP contribution in [-0.4, -0.2) is 14.6 Å². The molecule has 0 aliphatic rings. The van der Waals surface area contributed by atoms with E-state index in [9.17, 15) is 0 Å². The van der Waals surface area contributed by atoms with Crippen molar-refractivity contribution in [2.45, 2.75) is 20.4 Å². The van der Waals surface area contributed by atoms with E-state index in [-0.39, 0.29) is 0 Å². The zero-order valence-electron chi connectivity index (χ0n) is 12.0. The molecule has 2 aromatic heterocycles. The first-order valence-corrected chi connectivity index (χ1v) is 6.71. The highest BCUT2D eigenvalue weighted by Crippen LogP contribution is 2.17. The first-order valence-electron chi connectivity index (χ1n) is 6.71. The predicted octanol–water partition coefficient (Wildman–Crippen LogP) is 2.83. The number of nitrogens with one attached hydrogen (secondary N) is 1. The van der Waals surface area contributed by atoms with Gasteiger partial charge in [0.1, 0.15) is 0 Å². The molecule has 0 fully saturated rings. The van der Waals surface area contributed by atoms with Crippen LogP contribution in [0.3, 0.4) is 0 Å². The van der Waals surface area contributed by atoms with Crippen LogP contribution in [0.4, 0.5) is 5.69 Å². The lowest BCUT2D eigenvalue weighted by molar-refractivity contribution is 0.895. The van der Waals surface area contributed by atoms with Gasteiger partial charge in [0.05, 0.1) is 17.3 Å². The number of hydrogen-bond acceptors (Lipinski definition) is 4. The summed E-state index contributed by atoms with van der Waals surface area (Å²) in [6, 6.07) is 9.72. The third-order valence-corrected chi connectivity index (χ3v) is 3.34. The normalized spacial score (nSPS) is 10.5. The molecule has 3 aromatic rings. The third kappa shape index (κ3) is 2.70. The van der Waals surface area contributed by atoms with Gasteiger partial charge in [-0.2, -0.15) is 10.4 Å². The van der Waals surface area contributed by atoms with Gasteiger partial charge in [-0.3, -0.25) is 0 Å². The van der Waals surface area contributed by atoms with Crippen molar-refractivity contribution in [1.82, 2.24) is 14.6 Å². The Bertz CT molecular complexity index is 841. The number of hydrogen-bond donors (Lipinski definition) is 1. The van der Waals surface area contributed by atoms with Crippen molar-refractivity contribution in [3.05, 3.63) is 59.0 Å². The summed E-state index contributed by atoms with van der Waals surface area (Å²) in [4.78, 5) is 4.38. The fourth-order valence-corrected chi connectivity index (χ4v) is 2.20. The van der Waals surface area contributed by atoms with Crippen molar-refractivity contribution in [2.75, 3.05) is 5.32 Å². The van der Waals surface area contributed by atoms with Gasteiger partial charge in [-0.25, -0.2) is 9.50 Å². The van der Waals surface area contributed by atoms with E-state index in [1.807, 2.05) is 50.5 Å². The smallest absolute Gasteiger partial charge is 0.155 e. The van der Waals surface area contributed by atoms with E-state index in [0.29, 0.717) is 12.1 Å². The number of nitriles is 1. The summed E-state index contributed by atoms with van der Waals surface area (Å²) in [6.07, 6.45) is 3.80. The molecule has 3 rings (SSSR count). The summed E-state index contributed by atoms with van der Waals surface area (Å²) >= 11 is 0. The van der Waals surface area contributed by atoms with Gasteiger partial charge in [0.15, 0.2) is 5.65 Å². The van der Waals surface area contributed by atoms with E-state index >= 15 is 0 Å². The molecular weight excluding hydrogens is 262 g/mol. The van der Waals surface area contributed by atoms with Crippen LogP contribution >= 0.6 is 0 Å². The topological polar surface area (TPSA) is 66.0 Å². The van der Waals surface area contributed by atoms with Crippen LogP contribution in [0.15, 0.2) is 36.7 Å². The summed E-state index contributed by atoms with van der Waals surface area (Å²) in [5.74, 6) is 0. The molecule has 0 bridgehead atoms. The van der Waals surface area contributed by atoms with Gasteiger partial charge >= 0.3 is 0 Å². The molecule has 0 unspecified atom stereocenters. The number of nitrogens with zero attached hydrogens (tertiary/aromatic N) is 4. The lowest BCUT2D eigenvalue weighted by atomic mass is 10.1. The number of benzene rings is 1. The number of aromatic nitrogens is 3. The van der Waals surface area contributed by atoms with Crippen LogP contribution in [0.1, 0.15) is 22.4 Å². The quantitative estimate of drug-likeness (QED) is 0.799. The Balaban J connectivity index is 1.81. The molecule has 0 aliphatic carbocycles. The van der Waals surface area contributed by atoms with Crippen LogP contribution in [0.2, 0.25) is 0 Å². The molecule has 0 atom stereocenters. The molecule has 0 radical (unpaired) electrons. The Morgan fingerprint density at radius 3 is 2.95 bits per heavy atom. The third-order valence-electron chi connectivity index (χ3n) is 3.34. The average molecular weight is 277 g/mol. The van der Waals surface area contributed by atoms with E-state index in [2.05, 4.69) is 21.5 Å². The second-order valence-corrected chi connectivity index (χ2v) is 5.05. The SMILES string of the molecule is Cc1cc2ncc(CNc3cc(C#N)ccc3C)cn2n1. The number of aryl methyl sites for hydroxylation is 2. The van der Waals surface area contributed by atoms with Crippen LogP contribution in [0, 0.1) is 25.2 Å². The fraction of sp³-hybridized carbons (Fsp3) is 0.188. The molecule has 0 aliphatic heterocycles. The van der Waals surface area contributed by atoms with Crippen molar-refractivity contribution in [2.24, 2.45) is 0 Å². The first-order chi connectivity index (χ1) is 10.2. The molecule has 2 heterocycles. The van der Waals surface area contributed by atoms with Crippen LogP contribution < -0.4 is 5.32 Å². The van der Waals surface area contributed by atoms with Crippen molar-refractivity contribution >= 4 is 11.3 Å². The molecule has 1 N–H and O–H groups in total. The Labute approximate surface area is 122 Å². The summed E-state index contributed by atoms with van der Waals surface area (Å²) in [5, 5.41) is 16.7. The van der Waals surface area contributed by atoms with Crippen molar-refractivity contribution in [3.63, 3.8) is 0 Å². The van der Waals surface area contributed by atoms with E-state index in [4.69, 9.17) is 5.26 Å². The van der Waals surface area contributed by atoms with Gasteiger partial charge in [0.2, 0.25) is 0 Å². The Morgan fingerprint density at radius 2 is 2.14 bits per heavy atom. The van der Waals surface area contributed by atoms with Gasteiger partial charge in [-0.05, 0) is 31.5 Å². The lowest BCUT2D eigenvalue weighted by Gasteiger charge is -2.10. The van der Waals surface area contributed by atoms with Gasteiger partial charge in [0.25, 0.3) is 0 Å². The largest absolute Gasteiger partial charge is 0.381 e. The van der Waals surface area contributed by atoms with Crippen molar-refractivity contribution < 1.29 is 0 Å². The van der Waals surface area contributed by atoms with Crippen LogP contribution in [0.5, 0.6) is 0 Å². The Hall–Kier alpha value is -2.87. The van der Waals surface area contributed by atoms with Crippen LogP contribution in [-0.2, 0) is 6.54 Å². The van der Waals surface area contributed by atoms with Gasteiger partial charge in [0, 0.05) is 36.3 Å². The van der Waals surface area contributed by atoms with Gasteiger partial charge < -0.3 is 5.32 Å². The first kappa shape index (κ1) is 13.1. The maximum absolute atomic E-state index is 8.96. The zero-order chi connectivity index (χ0) is 14.8. The van der Waals surface area contributed by atoms with Gasteiger partial charge in [-0.1, -0.05) is 6.07 Å². The maximum Gasteiger partial charge on any atom is 0.155 e. The minimum Gasteiger partial charge on any atom is -0.381 e. The Morgan fingerprint density at radius 1 is 1.29 bits per heavy atom. The average Bonchev–Trinajstić information content (AvgIpc) is 2.85. The minimum atomic E-state index is 0.636. The molecule has 0 saturated carbocycles. The van der Waals surface area contributed by atoms with Crippen LogP contribution in [0.25, 0.3) is 5.65 Å². The molecule has 5 nitrogen and oxygen atoms in total. The highest BCUT2D eigenvalue weighted by atomic mass is 15.2. The van der Waals surface area contributed by atoms with Crippen molar-refractivity contribution in [1.29, 1.82) is 5.26 Å². The van der Waals surface area contributed by atoms with E-state index in [1.165, 1.54) is 0 Å².